The van der Waals surface area contributed by atoms with Crippen molar-refractivity contribution in [2.75, 3.05) is 16.8 Å². The smallest absolute Gasteiger partial charge is 0.224 e. The second-order valence-electron chi connectivity index (χ2n) is 7.20. The molecule has 22 heavy (non-hydrogen) atoms. The molecular formula is C17H25NO3S. The van der Waals surface area contributed by atoms with E-state index < -0.39 is 9.84 Å². The molecule has 1 aliphatic rings. The molecule has 0 saturated carbocycles. The first kappa shape index (κ1) is 17.0. The SMILES string of the molecule is CC(C)(C)c1ccc(NC(=O)CC2CCCS(=O)(=O)C2)cc1. The molecule has 122 valence electrons. The van der Waals surface area contributed by atoms with Gasteiger partial charge in [-0.15, -0.1) is 0 Å². The molecule has 4 nitrogen and oxygen atoms in total. The number of anilines is 1. The summed E-state index contributed by atoms with van der Waals surface area (Å²) < 4.78 is 23.2. The van der Waals surface area contributed by atoms with Crippen LogP contribution < -0.4 is 5.32 Å². The van der Waals surface area contributed by atoms with Crippen molar-refractivity contribution >= 4 is 21.4 Å². The van der Waals surface area contributed by atoms with Crippen molar-refractivity contribution in [2.24, 2.45) is 5.92 Å². The van der Waals surface area contributed by atoms with Gasteiger partial charge in [-0.25, -0.2) is 8.42 Å². The van der Waals surface area contributed by atoms with E-state index in [1.54, 1.807) is 0 Å². The lowest BCUT2D eigenvalue weighted by molar-refractivity contribution is -0.117. The van der Waals surface area contributed by atoms with Gasteiger partial charge in [0.25, 0.3) is 0 Å². The van der Waals surface area contributed by atoms with Crippen LogP contribution in [0.5, 0.6) is 0 Å². The molecule has 1 aromatic carbocycles. The Labute approximate surface area is 133 Å². The number of nitrogens with one attached hydrogen (secondary N) is 1. The summed E-state index contributed by atoms with van der Waals surface area (Å²) in [6, 6.07) is 7.83. The van der Waals surface area contributed by atoms with Gasteiger partial charge < -0.3 is 5.32 Å². The van der Waals surface area contributed by atoms with Crippen LogP contribution >= 0.6 is 0 Å². The third kappa shape index (κ3) is 4.83. The Balaban J connectivity index is 1.92. The fourth-order valence-corrected chi connectivity index (χ4v) is 4.58. The standard InChI is InChI=1S/C17H25NO3S/c1-17(2,3)14-6-8-15(9-7-14)18-16(19)11-13-5-4-10-22(20,21)12-13/h6-9,13H,4-5,10-12H2,1-3H3,(H,18,19). The van der Waals surface area contributed by atoms with Gasteiger partial charge in [0.05, 0.1) is 11.5 Å². The van der Waals surface area contributed by atoms with Crippen LogP contribution in [0.25, 0.3) is 0 Å². The molecule has 0 bridgehead atoms. The quantitative estimate of drug-likeness (QED) is 0.929. The first-order valence-corrected chi connectivity index (χ1v) is 9.59. The number of amides is 1. The van der Waals surface area contributed by atoms with Crippen LogP contribution in [0.15, 0.2) is 24.3 Å². The molecule has 1 unspecified atom stereocenters. The molecular weight excluding hydrogens is 298 g/mol. The van der Waals surface area contributed by atoms with Crippen molar-refractivity contribution in [1.82, 2.24) is 0 Å². The number of rotatable bonds is 3. The van der Waals surface area contributed by atoms with Crippen molar-refractivity contribution in [1.29, 1.82) is 0 Å². The van der Waals surface area contributed by atoms with E-state index in [0.29, 0.717) is 6.42 Å². The normalized spacial score (nSPS) is 21.3. The fourth-order valence-electron chi connectivity index (χ4n) is 2.81. The van der Waals surface area contributed by atoms with Gasteiger partial charge in [-0.1, -0.05) is 32.9 Å². The molecule has 1 saturated heterocycles. The van der Waals surface area contributed by atoms with E-state index in [9.17, 15) is 13.2 Å². The number of sulfone groups is 1. The number of carbonyl (C=O) groups is 1. The third-order valence-electron chi connectivity index (χ3n) is 4.07. The molecule has 5 heteroatoms. The fraction of sp³-hybridized carbons (Fsp3) is 0.588. The Morgan fingerprint density at radius 1 is 1.23 bits per heavy atom. The van der Waals surface area contributed by atoms with E-state index in [-0.39, 0.29) is 35.2 Å². The van der Waals surface area contributed by atoms with Gasteiger partial charge in [0, 0.05) is 12.1 Å². The summed E-state index contributed by atoms with van der Waals surface area (Å²) in [6.07, 6.45) is 1.76. The molecule has 1 fully saturated rings. The number of hydrogen-bond acceptors (Lipinski definition) is 3. The zero-order valence-corrected chi connectivity index (χ0v) is 14.4. The lowest BCUT2D eigenvalue weighted by Crippen LogP contribution is -2.28. The van der Waals surface area contributed by atoms with Crippen LogP contribution in [0.3, 0.4) is 0 Å². The molecule has 0 spiro atoms. The average Bonchev–Trinajstić information content (AvgIpc) is 2.36. The van der Waals surface area contributed by atoms with Crippen LogP contribution in [-0.2, 0) is 20.0 Å². The maximum absolute atomic E-state index is 12.1. The van der Waals surface area contributed by atoms with Crippen molar-refractivity contribution < 1.29 is 13.2 Å². The van der Waals surface area contributed by atoms with Crippen molar-refractivity contribution in [3.05, 3.63) is 29.8 Å². The summed E-state index contributed by atoms with van der Waals surface area (Å²) in [4.78, 5) is 12.1. The lowest BCUT2D eigenvalue weighted by atomic mass is 9.87. The van der Waals surface area contributed by atoms with Gasteiger partial charge in [-0.05, 0) is 41.9 Å². The van der Waals surface area contributed by atoms with Gasteiger partial charge in [0.15, 0.2) is 9.84 Å². The highest BCUT2D eigenvalue weighted by atomic mass is 32.2. The first-order valence-electron chi connectivity index (χ1n) is 7.76. The average molecular weight is 323 g/mol. The Hall–Kier alpha value is -1.36. The van der Waals surface area contributed by atoms with Gasteiger partial charge in [-0.3, -0.25) is 4.79 Å². The zero-order valence-electron chi connectivity index (χ0n) is 13.6. The van der Waals surface area contributed by atoms with E-state index >= 15 is 0 Å². The van der Waals surface area contributed by atoms with E-state index in [2.05, 4.69) is 26.1 Å². The van der Waals surface area contributed by atoms with E-state index in [1.807, 2.05) is 24.3 Å². The topological polar surface area (TPSA) is 63.2 Å². The predicted molar refractivity (Wildman–Crippen MR) is 89.8 cm³/mol. The maximum atomic E-state index is 12.1. The van der Waals surface area contributed by atoms with E-state index in [0.717, 1.165) is 12.1 Å². The molecule has 1 aliphatic heterocycles. The van der Waals surface area contributed by atoms with Gasteiger partial charge in [-0.2, -0.15) is 0 Å². The van der Waals surface area contributed by atoms with Crippen LogP contribution in [-0.4, -0.2) is 25.8 Å². The molecule has 1 heterocycles. The number of hydrogen-bond donors (Lipinski definition) is 1. The summed E-state index contributed by atoms with van der Waals surface area (Å²) in [5.74, 6) is 0.251. The van der Waals surface area contributed by atoms with Crippen LogP contribution in [0, 0.1) is 5.92 Å². The highest BCUT2D eigenvalue weighted by Crippen LogP contribution is 2.24. The summed E-state index contributed by atoms with van der Waals surface area (Å²) in [5, 5.41) is 2.86. The molecule has 1 aromatic rings. The van der Waals surface area contributed by atoms with Gasteiger partial charge in [0.1, 0.15) is 0 Å². The minimum atomic E-state index is -2.95. The molecule has 1 N–H and O–H groups in total. The Morgan fingerprint density at radius 3 is 2.41 bits per heavy atom. The molecule has 0 aliphatic carbocycles. The highest BCUT2D eigenvalue weighted by Gasteiger charge is 2.26. The molecule has 0 aromatic heterocycles. The summed E-state index contributed by atoms with van der Waals surface area (Å²) in [6.45, 7) is 6.43. The summed E-state index contributed by atoms with van der Waals surface area (Å²) in [7, 11) is -2.95. The summed E-state index contributed by atoms with van der Waals surface area (Å²) >= 11 is 0. The highest BCUT2D eigenvalue weighted by molar-refractivity contribution is 7.91. The minimum Gasteiger partial charge on any atom is -0.326 e. The monoisotopic (exact) mass is 323 g/mol. The lowest BCUT2D eigenvalue weighted by Gasteiger charge is -2.21. The molecule has 0 radical (unpaired) electrons. The second-order valence-corrected chi connectivity index (χ2v) is 9.43. The minimum absolute atomic E-state index is 0.0485. The molecule has 1 amide bonds. The number of benzene rings is 1. The van der Waals surface area contributed by atoms with E-state index in [4.69, 9.17) is 0 Å². The molecule has 1 atom stereocenters. The maximum Gasteiger partial charge on any atom is 0.224 e. The third-order valence-corrected chi connectivity index (χ3v) is 5.96. The number of carbonyl (C=O) groups excluding carboxylic acids is 1. The van der Waals surface area contributed by atoms with Crippen LogP contribution in [0.1, 0.15) is 45.6 Å². The zero-order chi connectivity index (χ0) is 16.4. The van der Waals surface area contributed by atoms with Gasteiger partial charge in [0.2, 0.25) is 5.91 Å². The Morgan fingerprint density at radius 2 is 1.86 bits per heavy atom. The van der Waals surface area contributed by atoms with Crippen molar-refractivity contribution in [2.45, 2.75) is 45.4 Å². The van der Waals surface area contributed by atoms with Crippen molar-refractivity contribution in [3.63, 3.8) is 0 Å². The van der Waals surface area contributed by atoms with Crippen LogP contribution in [0.2, 0.25) is 0 Å². The Bertz CT molecular complexity index is 627. The molecule has 2 rings (SSSR count). The Kier molecular flexibility index (Phi) is 4.95. The van der Waals surface area contributed by atoms with Gasteiger partial charge >= 0.3 is 0 Å². The largest absolute Gasteiger partial charge is 0.326 e. The second kappa shape index (κ2) is 6.41. The predicted octanol–water partition coefficient (Wildman–Crippen LogP) is 3.14. The van der Waals surface area contributed by atoms with Crippen LogP contribution in [0.4, 0.5) is 5.69 Å². The van der Waals surface area contributed by atoms with Crippen molar-refractivity contribution in [3.8, 4) is 0 Å². The van der Waals surface area contributed by atoms with E-state index in [1.165, 1.54) is 5.56 Å². The first-order chi connectivity index (χ1) is 10.2. The summed E-state index contributed by atoms with van der Waals surface area (Å²) in [5.41, 5.74) is 2.06.